The number of carbonyl (C=O) groups is 6. The van der Waals surface area contributed by atoms with E-state index in [4.69, 9.17) is 60.1 Å². The second-order valence-corrected chi connectivity index (χ2v) is 13.4. The Labute approximate surface area is 418 Å². The van der Waals surface area contributed by atoms with E-state index in [9.17, 15) is 24.0 Å². The van der Waals surface area contributed by atoms with Gasteiger partial charge in [0.25, 0.3) is 6.47 Å². The van der Waals surface area contributed by atoms with E-state index in [0.717, 1.165) is 57.8 Å². The van der Waals surface area contributed by atoms with Gasteiger partial charge in [0.2, 0.25) is 0 Å². The molecular formula is C39H66Cl4N2Na2O12. The number of nitrogens with two attached hydrogens (primary N) is 1. The maximum atomic E-state index is 11.5. The van der Waals surface area contributed by atoms with E-state index >= 15 is 0 Å². The molecule has 1 unspecified atom stereocenters. The minimum absolute atomic E-state index is 0. The van der Waals surface area contributed by atoms with E-state index in [-0.39, 0.29) is 122 Å². The van der Waals surface area contributed by atoms with Crippen LogP contribution in [-0.4, -0.2) is 85.2 Å². The average Bonchev–Trinajstić information content (AvgIpc) is 3.50. The Morgan fingerprint density at radius 1 is 0.915 bits per heavy atom. The number of carbonyl (C=O) groups excluding carboxylic acids is 6. The molecule has 0 aliphatic heterocycles. The first kappa shape index (κ1) is 70.0. The van der Waals surface area contributed by atoms with Gasteiger partial charge in [0.05, 0.1) is 31.0 Å². The van der Waals surface area contributed by atoms with Gasteiger partial charge < -0.3 is 45.6 Å². The zero-order chi connectivity index (χ0) is 43.1. The Balaban J connectivity index is -0.000000114. The number of Topliss-reactive ketones (excluding diaryl/α,β-unsaturated/α-hetero) is 3. The summed E-state index contributed by atoms with van der Waals surface area (Å²) < 4.78 is 20.9. The molecule has 4 rings (SSSR count). The van der Waals surface area contributed by atoms with Crippen LogP contribution in [0.4, 0.5) is 0 Å². The predicted molar refractivity (Wildman–Crippen MR) is 223 cm³/mol. The monoisotopic (exact) mass is 940 g/mol. The number of fused-ring (bicyclic) bond motifs is 1. The minimum Gasteiger partial charge on any atom is -1.00 e. The van der Waals surface area contributed by atoms with Crippen molar-refractivity contribution in [1.82, 2.24) is 4.57 Å². The van der Waals surface area contributed by atoms with Gasteiger partial charge in [-0.3, -0.25) is 24.0 Å². The molecular weight excluding hydrogens is 876 g/mol. The molecule has 1 heterocycles. The van der Waals surface area contributed by atoms with E-state index in [1.54, 1.807) is 21.0 Å². The molecule has 1 aromatic heterocycles. The Kier molecular flexibility index (Phi) is 59.2. The minimum atomic E-state index is -0.345. The van der Waals surface area contributed by atoms with Crippen molar-refractivity contribution in [2.45, 2.75) is 124 Å². The number of ether oxygens (including phenoxy) is 4. The molecule has 20 heteroatoms. The smallest absolute Gasteiger partial charge is 1.00 e. The molecule has 0 saturated heterocycles. The first-order valence-corrected chi connectivity index (χ1v) is 20.3. The van der Waals surface area contributed by atoms with Crippen LogP contribution in [0.5, 0.6) is 0 Å². The summed E-state index contributed by atoms with van der Waals surface area (Å²) in [5, 5.41) is 8.62. The molecule has 1 atom stereocenters. The van der Waals surface area contributed by atoms with Gasteiger partial charge in [0.1, 0.15) is 29.7 Å². The molecule has 2 N–H and O–H groups in total. The number of allylic oxidation sites excluding steroid dienone is 1. The van der Waals surface area contributed by atoms with Crippen LogP contribution in [0.1, 0.15) is 116 Å². The van der Waals surface area contributed by atoms with Crippen LogP contribution >= 0.6 is 47.2 Å². The number of ketones is 3. The molecule has 0 aromatic carbocycles. The molecule has 0 radical (unpaired) electrons. The summed E-state index contributed by atoms with van der Waals surface area (Å²) in [5.41, 5.74) is 8.83. The topological polar surface area (TPSA) is 203 Å². The standard InChI is InChI=1S/C13H19NO2.C9H14O2.C6H10O.C5H9ClO2.C4H9NO2.CH2Cl2.CH2O3.ClH.2Na.H/c1-3-16-13(15)9-14-10(2)8-11-6-4-5-7-12(11)14;1-7(10)6-8-4-2-3-5-9(8)11;7-6-4-2-1-3-5-6;1-5(3-6)8-4-7-2;1-2-7-4(6)3-5;2-1-3;2-1-4-3;;;;/h8H,3-7,9H2,1-2H3;8H,2-6H2,1H3;1-5H2;1,3-4H2,2H3;2-3,5H2,1H3;1H2;1,3H;1H;;;/q;;;;;;;;2*+1;-1/p-1. The fraction of sp³-hybridized carbons (Fsp3) is 0.692. The first-order chi connectivity index (χ1) is 26.8. The van der Waals surface area contributed by atoms with Crippen molar-refractivity contribution < 1.29 is 118 Å². The van der Waals surface area contributed by atoms with Gasteiger partial charge in [0.15, 0.2) is 6.79 Å². The van der Waals surface area contributed by atoms with Crippen molar-refractivity contribution >= 4 is 83.0 Å². The predicted octanol–water partition coefficient (Wildman–Crippen LogP) is 0.749. The van der Waals surface area contributed by atoms with Crippen LogP contribution in [-0.2, 0) is 72.0 Å². The Bertz CT molecular complexity index is 1250. The second-order valence-electron chi connectivity index (χ2n) is 12.3. The molecule has 334 valence electrons. The van der Waals surface area contributed by atoms with Crippen molar-refractivity contribution in [3.05, 3.63) is 35.4 Å². The van der Waals surface area contributed by atoms with Crippen molar-refractivity contribution in [3.8, 4) is 0 Å². The summed E-state index contributed by atoms with van der Waals surface area (Å²) in [4.78, 5) is 65.2. The first-order valence-electron chi connectivity index (χ1n) is 18.7. The van der Waals surface area contributed by atoms with Crippen molar-refractivity contribution in [2.75, 3.05) is 44.9 Å². The van der Waals surface area contributed by atoms with Crippen LogP contribution in [0, 0.1) is 12.8 Å². The fourth-order valence-electron chi connectivity index (χ4n) is 5.44. The molecule has 59 heavy (non-hydrogen) atoms. The zero-order valence-corrected chi connectivity index (χ0v) is 43.3. The Hall–Kier alpha value is -0.720. The molecule has 2 fully saturated rings. The number of nitrogens with zero attached hydrogens (tertiary/aromatic N) is 1. The summed E-state index contributed by atoms with van der Waals surface area (Å²) in [6, 6.07) is 2.22. The van der Waals surface area contributed by atoms with Crippen LogP contribution in [0.2, 0.25) is 0 Å². The third kappa shape index (κ3) is 42.4. The number of methoxy groups -OCH3 is 1. The number of aromatic nitrogens is 1. The third-order valence-electron chi connectivity index (χ3n) is 7.88. The summed E-state index contributed by atoms with van der Waals surface area (Å²) in [6.07, 6.45) is 14.2. The Morgan fingerprint density at radius 3 is 1.83 bits per heavy atom. The number of aryl methyl sites for hydroxylation is 2. The molecule has 0 spiro atoms. The average molecular weight is 943 g/mol. The van der Waals surface area contributed by atoms with Gasteiger partial charge in [-0.1, -0.05) is 19.4 Å². The fourth-order valence-corrected chi connectivity index (χ4v) is 5.52. The molecule has 14 nitrogen and oxygen atoms in total. The van der Waals surface area contributed by atoms with Crippen LogP contribution in [0.25, 0.3) is 0 Å². The molecule has 3 aliphatic carbocycles. The molecule has 1 aromatic rings. The zero-order valence-electron chi connectivity index (χ0n) is 37.3. The van der Waals surface area contributed by atoms with E-state index < -0.39 is 0 Å². The molecule has 2 saturated carbocycles. The maximum absolute atomic E-state index is 11.5. The van der Waals surface area contributed by atoms with Crippen molar-refractivity contribution in [2.24, 2.45) is 11.7 Å². The van der Waals surface area contributed by atoms with Crippen molar-refractivity contribution in [3.63, 3.8) is 0 Å². The summed E-state index contributed by atoms with van der Waals surface area (Å²) in [6.45, 7) is 12.0. The quantitative estimate of drug-likeness (QED) is 0.0450. The largest absolute Gasteiger partial charge is 1.00 e. The van der Waals surface area contributed by atoms with Gasteiger partial charge in [-0.2, -0.15) is 0 Å². The summed E-state index contributed by atoms with van der Waals surface area (Å²) >= 11 is 14.8. The maximum Gasteiger partial charge on any atom is 1.00 e. The van der Waals surface area contributed by atoms with Crippen LogP contribution in [0.3, 0.4) is 0 Å². The van der Waals surface area contributed by atoms with E-state index in [1.165, 1.54) is 36.2 Å². The number of rotatable bonds is 12. The number of hydrogen-bond acceptors (Lipinski definition) is 13. The number of halogens is 4. The third-order valence-corrected chi connectivity index (χ3v) is 8.17. The van der Waals surface area contributed by atoms with Gasteiger partial charge in [-0.05, 0) is 90.7 Å². The summed E-state index contributed by atoms with van der Waals surface area (Å²) in [7, 11) is 1.54. The number of alkyl halides is 3. The normalized spacial score (nSPS) is 14.2. The Morgan fingerprint density at radius 2 is 1.42 bits per heavy atom. The van der Waals surface area contributed by atoms with E-state index in [2.05, 4.69) is 38.5 Å². The van der Waals surface area contributed by atoms with Crippen LogP contribution in [0.15, 0.2) is 18.4 Å². The SMILES string of the molecule is C=C(CCl)OCOC.CC(=O)CC1CCCCC1=O.CCOC(=O)CN.CCOC(=O)Cn1c(C)cc2c1CCCC2.Cl.ClCCl.O=C1CCCCC1.O=CO[O-].[H-].[Na+].[Na+]. The number of esters is 2. The molecule has 0 bridgehead atoms. The van der Waals surface area contributed by atoms with E-state index in [0.29, 0.717) is 55.8 Å². The van der Waals surface area contributed by atoms with Crippen LogP contribution < -0.4 is 70.1 Å². The van der Waals surface area contributed by atoms with Gasteiger partial charge in [0, 0.05) is 50.1 Å². The molecule has 3 aliphatic rings. The summed E-state index contributed by atoms with van der Waals surface area (Å²) in [5.74, 6) is 1.35. The second kappa shape index (κ2) is 49.9. The van der Waals surface area contributed by atoms with Crippen molar-refractivity contribution in [1.29, 1.82) is 0 Å². The van der Waals surface area contributed by atoms with Gasteiger partial charge in [-0.25, -0.2) is 0 Å². The van der Waals surface area contributed by atoms with Gasteiger partial charge >= 0.3 is 71.1 Å². The van der Waals surface area contributed by atoms with E-state index in [1.807, 2.05) is 6.92 Å². The molecule has 0 amide bonds. The van der Waals surface area contributed by atoms with Gasteiger partial charge in [-0.15, -0.1) is 47.2 Å². The number of hydrogen-bond donors (Lipinski definition) is 1.